The highest BCUT2D eigenvalue weighted by molar-refractivity contribution is 8.56. The number of para-hydroxylation sites is 3. The van der Waals surface area contributed by atoms with E-state index >= 15 is 0 Å². The van der Waals surface area contributed by atoms with Gasteiger partial charge in [-0.3, -0.25) is 0 Å². The van der Waals surface area contributed by atoms with Gasteiger partial charge in [-0.25, -0.2) is 0 Å². The second-order valence-corrected chi connectivity index (χ2v) is 17.9. The van der Waals surface area contributed by atoms with E-state index in [-0.39, 0.29) is 0 Å². The zero-order valence-corrected chi connectivity index (χ0v) is 31.2. The predicted molar refractivity (Wildman–Crippen MR) is 236 cm³/mol. The first kappa shape index (κ1) is 29.8. The number of hydrogen-bond donors (Lipinski definition) is 0. The molecule has 0 saturated carbocycles. The smallest absolute Gasteiger partial charge is 0.308 e. The summed E-state index contributed by atoms with van der Waals surface area (Å²) in [6, 6.07) is 61.1. The minimum Gasteiger partial charge on any atom is -0.308 e. The highest BCUT2D eigenvalue weighted by atomic mass is 32.2. The summed E-state index contributed by atoms with van der Waals surface area (Å²) in [5.41, 5.74) is 14.2. The lowest BCUT2D eigenvalue weighted by molar-refractivity contribution is 1.18. The van der Waals surface area contributed by atoms with Crippen LogP contribution in [0.15, 0.2) is 174 Å². The van der Waals surface area contributed by atoms with E-state index in [1.54, 1.807) is 0 Å². The van der Waals surface area contributed by atoms with Gasteiger partial charge in [0.2, 0.25) is 0 Å². The summed E-state index contributed by atoms with van der Waals surface area (Å²) >= 11 is 5.92. The van der Waals surface area contributed by atoms with Crippen molar-refractivity contribution in [3.63, 3.8) is 0 Å². The molecular formula is C48H27BN2S3. The van der Waals surface area contributed by atoms with Crippen molar-refractivity contribution < 1.29 is 0 Å². The molecule has 0 unspecified atom stereocenters. The van der Waals surface area contributed by atoms with Crippen LogP contribution >= 0.6 is 34.6 Å². The molecule has 11 aromatic rings. The Bertz CT molecular complexity index is 3340. The van der Waals surface area contributed by atoms with Crippen LogP contribution in [0.3, 0.4) is 0 Å². The zero-order valence-electron chi connectivity index (χ0n) is 28.8. The Morgan fingerprint density at radius 2 is 0.944 bits per heavy atom. The topological polar surface area (TPSA) is 9.86 Å². The number of nitrogens with zero attached hydrogens (tertiary/aromatic N) is 2. The van der Waals surface area contributed by atoms with Gasteiger partial charge in [0.05, 0.1) is 26.8 Å². The van der Waals surface area contributed by atoms with E-state index in [4.69, 9.17) is 0 Å². The maximum absolute atomic E-state index is 2.61. The van der Waals surface area contributed by atoms with Crippen molar-refractivity contribution in [3.8, 4) is 33.6 Å². The van der Waals surface area contributed by atoms with Crippen LogP contribution in [0.4, 0.5) is 0 Å². The highest BCUT2D eigenvalue weighted by Crippen LogP contribution is 2.53. The minimum absolute atomic E-state index is 0.305. The Morgan fingerprint density at radius 1 is 0.407 bits per heavy atom. The van der Waals surface area contributed by atoms with E-state index < -0.39 is 0 Å². The van der Waals surface area contributed by atoms with Gasteiger partial charge < -0.3 is 9.13 Å². The fourth-order valence-corrected chi connectivity index (χ4v) is 13.6. The molecular weight excluding hydrogens is 712 g/mol. The molecule has 2 nitrogen and oxygen atoms in total. The second-order valence-electron chi connectivity index (χ2n) is 14.3. The molecule has 0 saturated heterocycles. The van der Waals surface area contributed by atoms with Crippen LogP contribution in [0.5, 0.6) is 0 Å². The lowest BCUT2D eigenvalue weighted by atomic mass is 9.77. The fraction of sp³-hybridized carbons (Fsp3) is 0. The molecule has 0 aliphatic carbocycles. The third-order valence-electron chi connectivity index (χ3n) is 11.5. The number of thiophene rings is 1. The van der Waals surface area contributed by atoms with Crippen LogP contribution in [0.25, 0.3) is 97.4 Å². The lowest BCUT2D eigenvalue weighted by Gasteiger charge is -2.32. The van der Waals surface area contributed by atoms with Gasteiger partial charge in [-0.05, 0) is 82.3 Å². The third kappa shape index (κ3) is 3.85. The van der Waals surface area contributed by atoms with Gasteiger partial charge in [-0.2, -0.15) is 23.2 Å². The standard InChI is InChI=1S/C48H27BN2S3/c1-2-14-28(15-3-1)50-38-22-10-5-19-33(38)44-46-42(43-34-20-8-11-23-39(34)52-48(43)47(44)50)32-18-4-9-21-37(32)51(46)29-26-35-30-16-6-12-24-40(30)53-49-45(35)36(27-29)31-17-7-13-25-41(31)54-49/h1-27H. The first-order valence-corrected chi connectivity index (χ1v) is 20.9. The van der Waals surface area contributed by atoms with Crippen molar-refractivity contribution in [2.45, 2.75) is 9.79 Å². The largest absolute Gasteiger partial charge is 0.318 e. The van der Waals surface area contributed by atoms with Crippen LogP contribution < -0.4 is 5.46 Å². The molecule has 2 aliphatic rings. The van der Waals surface area contributed by atoms with E-state index in [1.807, 2.05) is 34.6 Å². The average molecular weight is 739 g/mol. The number of aromatic nitrogens is 2. The molecule has 0 amide bonds. The average Bonchev–Trinajstić information content (AvgIpc) is 3.89. The predicted octanol–water partition coefficient (Wildman–Crippen LogP) is 13.5. The van der Waals surface area contributed by atoms with Crippen molar-refractivity contribution in [1.29, 1.82) is 0 Å². The Labute approximate surface area is 323 Å². The van der Waals surface area contributed by atoms with Gasteiger partial charge >= 0.3 is 5.27 Å². The molecule has 0 bridgehead atoms. The molecule has 8 aromatic carbocycles. The van der Waals surface area contributed by atoms with Crippen LogP contribution in [0, 0.1) is 0 Å². The van der Waals surface area contributed by atoms with Crippen molar-refractivity contribution in [2.75, 3.05) is 0 Å². The summed E-state index contributed by atoms with van der Waals surface area (Å²) in [7, 11) is 0. The molecule has 3 aromatic heterocycles. The Balaban J connectivity index is 1.29. The van der Waals surface area contributed by atoms with E-state index in [9.17, 15) is 0 Å². The molecule has 2 aliphatic heterocycles. The summed E-state index contributed by atoms with van der Waals surface area (Å²) in [6.07, 6.45) is 0. The Hall–Kier alpha value is -5.66. The number of rotatable bonds is 2. The number of fused-ring (bicyclic) bond motifs is 16. The van der Waals surface area contributed by atoms with Gasteiger partial charge in [-0.15, -0.1) is 11.3 Å². The molecule has 6 heteroatoms. The summed E-state index contributed by atoms with van der Waals surface area (Å²) in [6.45, 7) is 0. The van der Waals surface area contributed by atoms with Crippen LogP contribution in [0.1, 0.15) is 0 Å². The Kier molecular flexibility index (Phi) is 6.04. The molecule has 0 N–H and O–H groups in total. The van der Waals surface area contributed by atoms with Gasteiger partial charge in [0.25, 0.3) is 0 Å². The monoisotopic (exact) mass is 738 g/mol. The van der Waals surface area contributed by atoms with Crippen molar-refractivity contribution in [3.05, 3.63) is 164 Å². The van der Waals surface area contributed by atoms with Gasteiger partial charge in [-0.1, -0.05) is 109 Å². The van der Waals surface area contributed by atoms with Crippen LogP contribution in [0.2, 0.25) is 0 Å². The quantitative estimate of drug-likeness (QED) is 0.163. The van der Waals surface area contributed by atoms with Gasteiger partial charge in [0.15, 0.2) is 0 Å². The Morgan fingerprint density at radius 3 is 1.63 bits per heavy atom. The van der Waals surface area contributed by atoms with Crippen molar-refractivity contribution in [1.82, 2.24) is 9.13 Å². The molecule has 5 heterocycles. The molecule has 54 heavy (non-hydrogen) atoms. The molecule has 13 rings (SSSR count). The molecule has 0 spiro atoms. The maximum atomic E-state index is 2.61. The third-order valence-corrected chi connectivity index (χ3v) is 15.4. The van der Waals surface area contributed by atoms with Gasteiger partial charge in [0, 0.05) is 58.2 Å². The molecule has 0 fully saturated rings. The van der Waals surface area contributed by atoms with Crippen LogP contribution in [-0.4, -0.2) is 14.4 Å². The number of benzene rings is 8. The highest BCUT2D eigenvalue weighted by Gasteiger charge is 2.37. The summed E-state index contributed by atoms with van der Waals surface area (Å²) in [5.74, 6) is 0. The molecule has 250 valence electrons. The van der Waals surface area contributed by atoms with E-state index in [2.05, 4.69) is 173 Å². The van der Waals surface area contributed by atoms with E-state index in [0.717, 1.165) is 0 Å². The van der Waals surface area contributed by atoms with Crippen molar-refractivity contribution >= 4 is 109 Å². The SMILES string of the molecule is c1ccc(-n2c3ccccc3c3c2c2sc4ccccc4c2c2c4ccccc4n(-c4cc5c6c(c4)-c4ccccc4SB6Sc4ccccc4-5)c23)cc1. The second kappa shape index (κ2) is 11.0. The number of hydrogen-bond acceptors (Lipinski definition) is 3. The van der Waals surface area contributed by atoms with Crippen LogP contribution in [-0.2, 0) is 0 Å². The summed E-state index contributed by atoms with van der Waals surface area (Å²) < 4.78 is 7.78. The van der Waals surface area contributed by atoms with E-state index in [1.165, 1.54) is 113 Å². The zero-order chi connectivity index (χ0) is 35.1. The summed E-state index contributed by atoms with van der Waals surface area (Å²) in [5, 5.41) is 8.16. The van der Waals surface area contributed by atoms with Gasteiger partial charge in [0.1, 0.15) is 0 Å². The maximum Gasteiger partial charge on any atom is 0.318 e. The van der Waals surface area contributed by atoms with E-state index in [0.29, 0.717) is 5.27 Å². The fourth-order valence-electron chi connectivity index (χ4n) is 9.42. The molecule has 0 atom stereocenters. The molecule has 0 radical (unpaired) electrons. The normalized spacial score (nSPS) is 13.4. The lowest BCUT2D eigenvalue weighted by Crippen LogP contribution is -2.33. The van der Waals surface area contributed by atoms with Crippen molar-refractivity contribution in [2.24, 2.45) is 0 Å². The first-order chi connectivity index (χ1) is 26.8. The minimum atomic E-state index is 0.305. The first-order valence-electron chi connectivity index (χ1n) is 18.4. The summed E-state index contributed by atoms with van der Waals surface area (Å²) in [4.78, 5) is 2.71.